The molecule has 0 aliphatic rings. The van der Waals surface area contributed by atoms with Crippen molar-refractivity contribution in [3.05, 3.63) is 87.4 Å². The maximum Gasteiger partial charge on any atom is 0.257 e. The first kappa shape index (κ1) is 22.2. The molecular weight excluding hydrogens is 439 g/mol. The zero-order valence-corrected chi connectivity index (χ0v) is 18.8. The van der Waals surface area contributed by atoms with Gasteiger partial charge >= 0.3 is 0 Å². The van der Waals surface area contributed by atoms with Crippen molar-refractivity contribution in [1.29, 1.82) is 0 Å². The van der Waals surface area contributed by atoms with Gasteiger partial charge in [-0.15, -0.1) is 11.8 Å². The minimum Gasteiger partial charge on any atom is -0.325 e. The van der Waals surface area contributed by atoms with Crippen LogP contribution >= 0.6 is 35.0 Å². The van der Waals surface area contributed by atoms with Crippen molar-refractivity contribution >= 4 is 58.2 Å². The third-order valence-corrected chi connectivity index (χ3v) is 5.84. The van der Waals surface area contributed by atoms with Gasteiger partial charge in [0.05, 0.1) is 16.3 Å². The average molecular weight is 459 g/mol. The molecule has 0 spiro atoms. The van der Waals surface area contributed by atoms with Gasteiger partial charge in [-0.1, -0.05) is 47.0 Å². The molecule has 0 bridgehead atoms. The van der Waals surface area contributed by atoms with Crippen molar-refractivity contribution in [1.82, 2.24) is 0 Å². The smallest absolute Gasteiger partial charge is 0.257 e. The molecule has 2 N–H and O–H groups in total. The second kappa shape index (κ2) is 10.0. The molecule has 0 saturated carbocycles. The highest BCUT2D eigenvalue weighted by molar-refractivity contribution is 8.00. The van der Waals surface area contributed by atoms with Crippen molar-refractivity contribution in [2.45, 2.75) is 18.7 Å². The van der Waals surface area contributed by atoms with Crippen LogP contribution in [0, 0.1) is 13.8 Å². The lowest BCUT2D eigenvalue weighted by Crippen LogP contribution is -2.15. The van der Waals surface area contributed by atoms with Crippen LogP contribution in [-0.2, 0) is 4.79 Å². The van der Waals surface area contributed by atoms with Gasteiger partial charge in [-0.3, -0.25) is 9.59 Å². The maximum atomic E-state index is 12.5. The lowest BCUT2D eigenvalue weighted by molar-refractivity contribution is -0.113. The second-order valence-corrected chi connectivity index (χ2v) is 8.65. The molecule has 3 aromatic rings. The number of amides is 2. The largest absolute Gasteiger partial charge is 0.325 e. The van der Waals surface area contributed by atoms with Crippen molar-refractivity contribution in [3.63, 3.8) is 0 Å². The van der Waals surface area contributed by atoms with Gasteiger partial charge in [0.2, 0.25) is 5.91 Å². The van der Waals surface area contributed by atoms with Crippen LogP contribution < -0.4 is 10.6 Å². The van der Waals surface area contributed by atoms with Gasteiger partial charge in [0.15, 0.2) is 0 Å². The number of hydrogen-bond acceptors (Lipinski definition) is 3. The lowest BCUT2D eigenvalue weighted by atomic mass is 10.1. The van der Waals surface area contributed by atoms with Gasteiger partial charge in [-0.2, -0.15) is 0 Å². The van der Waals surface area contributed by atoms with E-state index in [0.717, 1.165) is 21.7 Å². The lowest BCUT2D eigenvalue weighted by Gasteiger charge is -2.10. The zero-order valence-electron chi connectivity index (χ0n) is 16.5. The van der Waals surface area contributed by atoms with Crippen LogP contribution in [0.3, 0.4) is 0 Å². The van der Waals surface area contributed by atoms with Crippen LogP contribution in [0.4, 0.5) is 11.4 Å². The van der Waals surface area contributed by atoms with Crippen molar-refractivity contribution in [3.8, 4) is 0 Å². The molecule has 3 rings (SSSR count). The summed E-state index contributed by atoms with van der Waals surface area (Å²) in [6, 6.07) is 17.9. The molecule has 0 fully saturated rings. The zero-order chi connectivity index (χ0) is 21.7. The van der Waals surface area contributed by atoms with Gasteiger partial charge < -0.3 is 10.6 Å². The summed E-state index contributed by atoms with van der Waals surface area (Å²) < 4.78 is 0. The SMILES string of the molecule is Cc1ccc(NC(=O)CSc2cccc(NC(=O)c3ccc(Cl)cc3Cl)c2)c(C)c1. The molecule has 0 heterocycles. The number of carbonyl (C=O) groups excluding carboxylic acids is 2. The third-order valence-electron chi connectivity index (χ3n) is 4.29. The molecule has 154 valence electrons. The topological polar surface area (TPSA) is 58.2 Å². The second-order valence-electron chi connectivity index (χ2n) is 6.76. The van der Waals surface area contributed by atoms with E-state index in [1.54, 1.807) is 18.2 Å². The van der Waals surface area contributed by atoms with Crippen LogP contribution in [0.1, 0.15) is 21.5 Å². The van der Waals surface area contributed by atoms with Crippen LogP contribution in [0.5, 0.6) is 0 Å². The van der Waals surface area contributed by atoms with E-state index >= 15 is 0 Å². The summed E-state index contributed by atoms with van der Waals surface area (Å²) >= 11 is 13.4. The summed E-state index contributed by atoms with van der Waals surface area (Å²) in [6.07, 6.45) is 0. The van der Waals surface area contributed by atoms with Gasteiger partial charge in [-0.25, -0.2) is 0 Å². The molecule has 0 radical (unpaired) electrons. The summed E-state index contributed by atoms with van der Waals surface area (Å²) in [5.41, 5.74) is 3.95. The molecular formula is C23H20Cl2N2O2S. The fourth-order valence-electron chi connectivity index (χ4n) is 2.82. The Hall–Kier alpha value is -2.47. The van der Waals surface area contributed by atoms with Crippen molar-refractivity contribution in [2.24, 2.45) is 0 Å². The summed E-state index contributed by atoms with van der Waals surface area (Å²) in [4.78, 5) is 25.6. The molecule has 0 atom stereocenters. The Morgan fingerprint density at radius 2 is 1.73 bits per heavy atom. The highest BCUT2D eigenvalue weighted by Crippen LogP contribution is 2.25. The molecule has 2 amide bonds. The normalized spacial score (nSPS) is 10.5. The van der Waals surface area contributed by atoms with Gasteiger partial charge in [-0.05, 0) is 61.9 Å². The predicted octanol–water partition coefficient (Wildman–Crippen LogP) is 6.59. The summed E-state index contributed by atoms with van der Waals surface area (Å²) in [5, 5.41) is 6.50. The number of anilines is 2. The van der Waals surface area contributed by atoms with E-state index in [9.17, 15) is 9.59 Å². The van der Waals surface area contributed by atoms with Gasteiger partial charge in [0, 0.05) is 21.3 Å². The molecule has 0 unspecified atom stereocenters. The predicted molar refractivity (Wildman–Crippen MR) is 126 cm³/mol. The van der Waals surface area contributed by atoms with E-state index in [1.165, 1.54) is 17.8 Å². The molecule has 0 saturated heterocycles. The standard InChI is InChI=1S/C23H20Cl2N2O2S/c1-14-6-9-21(15(2)10-14)27-22(28)13-30-18-5-3-4-17(12-18)26-23(29)19-8-7-16(24)11-20(19)25/h3-12H,13H2,1-2H3,(H,26,29)(H,27,28). The van der Waals surface area contributed by atoms with Crippen LogP contribution in [0.25, 0.3) is 0 Å². The number of rotatable bonds is 6. The fraction of sp³-hybridized carbons (Fsp3) is 0.130. The molecule has 0 aliphatic heterocycles. The van der Waals surface area contributed by atoms with Crippen molar-refractivity contribution < 1.29 is 9.59 Å². The first-order valence-electron chi connectivity index (χ1n) is 9.18. The molecule has 0 aromatic heterocycles. The van der Waals surface area contributed by atoms with E-state index in [-0.39, 0.29) is 22.6 Å². The molecule has 0 aliphatic carbocycles. The number of nitrogens with one attached hydrogen (secondary N) is 2. The number of halogens is 2. The quantitative estimate of drug-likeness (QED) is 0.409. The van der Waals surface area contributed by atoms with Crippen LogP contribution in [0.2, 0.25) is 10.0 Å². The molecule has 30 heavy (non-hydrogen) atoms. The summed E-state index contributed by atoms with van der Waals surface area (Å²) in [7, 11) is 0. The Bertz CT molecular complexity index is 1100. The number of aryl methyl sites for hydroxylation is 2. The molecule has 3 aromatic carbocycles. The Morgan fingerprint density at radius 3 is 2.47 bits per heavy atom. The number of benzene rings is 3. The summed E-state index contributed by atoms with van der Waals surface area (Å²) in [6.45, 7) is 3.98. The van der Waals surface area contributed by atoms with Crippen LogP contribution in [-0.4, -0.2) is 17.6 Å². The molecule has 4 nitrogen and oxygen atoms in total. The minimum atomic E-state index is -0.327. The Morgan fingerprint density at radius 1 is 0.933 bits per heavy atom. The summed E-state index contributed by atoms with van der Waals surface area (Å²) in [5.74, 6) is -0.158. The fourth-order valence-corrected chi connectivity index (χ4v) is 4.07. The third kappa shape index (κ3) is 6.02. The Kier molecular flexibility index (Phi) is 7.43. The van der Waals surface area contributed by atoms with E-state index in [0.29, 0.717) is 16.3 Å². The van der Waals surface area contributed by atoms with E-state index in [4.69, 9.17) is 23.2 Å². The first-order chi connectivity index (χ1) is 14.3. The number of thioether (sulfide) groups is 1. The molecule has 7 heteroatoms. The first-order valence-corrected chi connectivity index (χ1v) is 10.9. The van der Waals surface area contributed by atoms with Crippen molar-refractivity contribution in [2.75, 3.05) is 16.4 Å². The highest BCUT2D eigenvalue weighted by atomic mass is 35.5. The van der Waals surface area contributed by atoms with E-state index in [1.807, 2.05) is 50.2 Å². The van der Waals surface area contributed by atoms with Gasteiger partial charge in [0.1, 0.15) is 0 Å². The Balaban J connectivity index is 1.59. The monoisotopic (exact) mass is 458 g/mol. The maximum absolute atomic E-state index is 12.5. The van der Waals surface area contributed by atoms with E-state index < -0.39 is 0 Å². The van der Waals surface area contributed by atoms with E-state index in [2.05, 4.69) is 10.6 Å². The van der Waals surface area contributed by atoms with Gasteiger partial charge in [0.25, 0.3) is 5.91 Å². The number of carbonyl (C=O) groups is 2. The minimum absolute atomic E-state index is 0.0886. The highest BCUT2D eigenvalue weighted by Gasteiger charge is 2.12. The number of hydrogen-bond donors (Lipinski definition) is 2. The Labute approximate surface area is 190 Å². The van der Waals surface area contributed by atoms with Crippen LogP contribution in [0.15, 0.2) is 65.6 Å². The average Bonchev–Trinajstić information content (AvgIpc) is 2.69.